The highest BCUT2D eigenvalue weighted by molar-refractivity contribution is 5.91. The largest absolute Gasteiger partial charge is 0.508 e. The van der Waals surface area contributed by atoms with Crippen LogP contribution in [0.3, 0.4) is 0 Å². The monoisotopic (exact) mass is 274 g/mol. The fraction of sp³-hybridized carbons (Fsp3) is 0.133. The molecule has 5 heteroatoms. The van der Waals surface area contributed by atoms with Gasteiger partial charge in [-0.3, -0.25) is 0 Å². The zero-order chi connectivity index (χ0) is 14.5. The number of carbonyl (C=O) groups is 1. The summed E-state index contributed by atoms with van der Waals surface area (Å²) in [5.41, 5.74) is 0.788. The number of carboxylic acid groups (broad SMARTS) is 1. The minimum atomic E-state index is -1.05. The van der Waals surface area contributed by atoms with Crippen LogP contribution in [0.25, 0.3) is 0 Å². The predicted molar refractivity (Wildman–Crippen MR) is 72.4 cm³/mol. The van der Waals surface area contributed by atoms with Crippen LogP contribution in [0.5, 0.6) is 17.2 Å². The smallest absolute Gasteiger partial charge is 0.339 e. The SMILES string of the molecule is COc1ccc(COc2cccc(O)c2)cc1C(=O)O. The van der Waals surface area contributed by atoms with Gasteiger partial charge in [0.1, 0.15) is 29.4 Å². The van der Waals surface area contributed by atoms with Gasteiger partial charge < -0.3 is 19.7 Å². The molecule has 0 aliphatic rings. The minimum absolute atomic E-state index is 0.0875. The van der Waals surface area contributed by atoms with Gasteiger partial charge in [0.2, 0.25) is 0 Å². The quantitative estimate of drug-likeness (QED) is 0.876. The normalized spacial score (nSPS) is 10.1. The average Bonchev–Trinajstić information content (AvgIpc) is 2.45. The Balaban J connectivity index is 2.14. The van der Waals surface area contributed by atoms with E-state index < -0.39 is 5.97 Å². The van der Waals surface area contributed by atoms with Crippen molar-refractivity contribution in [3.8, 4) is 17.2 Å². The van der Waals surface area contributed by atoms with Crippen molar-refractivity contribution in [3.05, 3.63) is 53.6 Å². The van der Waals surface area contributed by atoms with Gasteiger partial charge in [0.05, 0.1) is 7.11 Å². The predicted octanol–water partition coefficient (Wildman–Crippen LogP) is 2.68. The highest BCUT2D eigenvalue weighted by Crippen LogP contribution is 2.22. The van der Waals surface area contributed by atoms with Gasteiger partial charge in [0, 0.05) is 6.07 Å². The Morgan fingerprint density at radius 3 is 2.65 bits per heavy atom. The van der Waals surface area contributed by atoms with Crippen LogP contribution in [0.2, 0.25) is 0 Å². The first-order valence-electron chi connectivity index (χ1n) is 5.92. The minimum Gasteiger partial charge on any atom is -0.508 e. The molecule has 0 atom stereocenters. The number of hydrogen-bond donors (Lipinski definition) is 2. The zero-order valence-electron chi connectivity index (χ0n) is 10.9. The third-order valence-electron chi connectivity index (χ3n) is 2.72. The molecule has 5 nitrogen and oxygen atoms in total. The van der Waals surface area contributed by atoms with Crippen LogP contribution < -0.4 is 9.47 Å². The topological polar surface area (TPSA) is 76.0 Å². The molecule has 20 heavy (non-hydrogen) atoms. The first-order chi connectivity index (χ1) is 9.60. The van der Waals surface area contributed by atoms with Crippen LogP contribution >= 0.6 is 0 Å². The molecule has 0 aliphatic carbocycles. The van der Waals surface area contributed by atoms with Crippen molar-refractivity contribution in [1.82, 2.24) is 0 Å². The Kier molecular flexibility index (Phi) is 4.10. The molecule has 0 bridgehead atoms. The van der Waals surface area contributed by atoms with Gasteiger partial charge in [-0.2, -0.15) is 0 Å². The molecule has 2 aromatic rings. The number of ether oxygens (including phenoxy) is 2. The lowest BCUT2D eigenvalue weighted by Crippen LogP contribution is -2.03. The van der Waals surface area contributed by atoms with E-state index >= 15 is 0 Å². The number of aromatic carboxylic acids is 1. The molecule has 0 saturated carbocycles. The van der Waals surface area contributed by atoms with Crippen molar-refractivity contribution in [2.24, 2.45) is 0 Å². The molecule has 0 amide bonds. The maximum Gasteiger partial charge on any atom is 0.339 e. The van der Waals surface area contributed by atoms with Crippen LogP contribution in [0, 0.1) is 0 Å². The summed E-state index contributed by atoms with van der Waals surface area (Å²) in [6, 6.07) is 11.2. The van der Waals surface area contributed by atoms with Gasteiger partial charge in [0.25, 0.3) is 0 Å². The molecular formula is C15H14O5. The molecule has 2 N–H and O–H groups in total. The summed E-state index contributed by atoms with van der Waals surface area (Å²) in [5, 5.41) is 18.4. The van der Waals surface area contributed by atoms with Gasteiger partial charge in [-0.05, 0) is 29.8 Å². The lowest BCUT2D eigenvalue weighted by Gasteiger charge is -2.09. The second kappa shape index (κ2) is 5.97. The number of phenolic OH excluding ortho intramolecular Hbond substituents is 1. The molecule has 0 unspecified atom stereocenters. The Labute approximate surface area is 116 Å². The number of benzene rings is 2. The van der Waals surface area contributed by atoms with Gasteiger partial charge in [0.15, 0.2) is 0 Å². The number of hydrogen-bond acceptors (Lipinski definition) is 4. The van der Waals surface area contributed by atoms with Crippen molar-refractivity contribution in [2.45, 2.75) is 6.61 Å². The molecule has 2 rings (SSSR count). The van der Waals surface area contributed by atoms with E-state index in [1.807, 2.05) is 0 Å². The second-order valence-electron chi connectivity index (χ2n) is 4.13. The highest BCUT2D eigenvalue weighted by atomic mass is 16.5. The van der Waals surface area contributed by atoms with E-state index in [0.29, 0.717) is 17.1 Å². The van der Waals surface area contributed by atoms with Crippen molar-refractivity contribution in [3.63, 3.8) is 0 Å². The van der Waals surface area contributed by atoms with Crippen LogP contribution in [0.15, 0.2) is 42.5 Å². The van der Waals surface area contributed by atoms with Crippen LogP contribution in [-0.2, 0) is 6.61 Å². The number of phenols is 1. The molecule has 0 radical (unpaired) electrons. The lowest BCUT2D eigenvalue weighted by molar-refractivity contribution is 0.0693. The maximum absolute atomic E-state index is 11.1. The lowest BCUT2D eigenvalue weighted by atomic mass is 10.1. The first-order valence-corrected chi connectivity index (χ1v) is 5.92. The molecule has 0 fully saturated rings. The number of carboxylic acids is 1. The number of methoxy groups -OCH3 is 1. The van der Waals surface area contributed by atoms with Crippen molar-refractivity contribution in [2.75, 3.05) is 7.11 Å². The Hall–Kier alpha value is -2.69. The maximum atomic E-state index is 11.1. The van der Waals surface area contributed by atoms with E-state index in [-0.39, 0.29) is 17.9 Å². The number of rotatable bonds is 5. The van der Waals surface area contributed by atoms with E-state index in [2.05, 4.69) is 0 Å². The molecule has 0 aromatic heterocycles. The van der Waals surface area contributed by atoms with Gasteiger partial charge in [-0.15, -0.1) is 0 Å². The second-order valence-corrected chi connectivity index (χ2v) is 4.13. The van der Waals surface area contributed by atoms with Crippen LogP contribution in [0.4, 0.5) is 0 Å². The van der Waals surface area contributed by atoms with Gasteiger partial charge in [-0.1, -0.05) is 12.1 Å². The van der Waals surface area contributed by atoms with Gasteiger partial charge in [-0.25, -0.2) is 4.79 Å². The fourth-order valence-electron chi connectivity index (χ4n) is 1.75. The molecule has 0 spiro atoms. The van der Waals surface area contributed by atoms with E-state index in [9.17, 15) is 9.90 Å². The summed E-state index contributed by atoms with van der Waals surface area (Å²) in [4.78, 5) is 11.1. The standard InChI is InChI=1S/C15H14O5/c1-19-14-6-5-10(7-13(14)15(17)18)9-20-12-4-2-3-11(16)8-12/h2-8,16H,9H2,1H3,(H,17,18). The van der Waals surface area contributed by atoms with E-state index in [0.717, 1.165) is 0 Å². The molecule has 104 valence electrons. The summed E-state index contributed by atoms with van der Waals surface area (Å²) in [6.45, 7) is 0.202. The highest BCUT2D eigenvalue weighted by Gasteiger charge is 2.11. The first kappa shape index (κ1) is 13.7. The fourth-order valence-corrected chi connectivity index (χ4v) is 1.75. The summed E-state index contributed by atoms with van der Waals surface area (Å²) in [7, 11) is 1.42. The summed E-state index contributed by atoms with van der Waals surface area (Å²) >= 11 is 0. The average molecular weight is 274 g/mol. The van der Waals surface area contributed by atoms with E-state index in [4.69, 9.17) is 14.6 Å². The Morgan fingerprint density at radius 2 is 2.00 bits per heavy atom. The Morgan fingerprint density at radius 1 is 1.20 bits per heavy atom. The van der Waals surface area contributed by atoms with E-state index in [1.165, 1.54) is 19.2 Å². The molecule has 0 aliphatic heterocycles. The number of aromatic hydroxyl groups is 1. The summed E-state index contributed by atoms with van der Waals surface area (Å²) < 4.78 is 10.5. The van der Waals surface area contributed by atoms with Crippen molar-refractivity contribution >= 4 is 5.97 Å². The summed E-state index contributed by atoms with van der Waals surface area (Å²) in [5.74, 6) is -0.124. The molecule has 0 saturated heterocycles. The van der Waals surface area contributed by atoms with Crippen LogP contribution in [0.1, 0.15) is 15.9 Å². The third-order valence-corrected chi connectivity index (χ3v) is 2.72. The van der Waals surface area contributed by atoms with E-state index in [1.54, 1.807) is 30.3 Å². The third kappa shape index (κ3) is 3.20. The van der Waals surface area contributed by atoms with Crippen molar-refractivity contribution < 1.29 is 24.5 Å². The Bertz CT molecular complexity index is 621. The van der Waals surface area contributed by atoms with Crippen LogP contribution in [-0.4, -0.2) is 23.3 Å². The molecule has 0 heterocycles. The molecular weight excluding hydrogens is 260 g/mol. The van der Waals surface area contributed by atoms with Crippen molar-refractivity contribution in [1.29, 1.82) is 0 Å². The zero-order valence-corrected chi connectivity index (χ0v) is 10.9. The molecule has 2 aromatic carbocycles. The summed E-state index contributed by atoms with van der Waals surface area (Å²) in [6.07, 6.45) is 0. The van der Waals surface area contributed by atoms with Gasteiger partial charge >= 0.3 is 5.97 Å².